The number of hydrogen-bond acceptors (Lipinski definition) is 4. The zero-order chi connectivity index (χ0) is 12.0. The van der Waals surface area contributed by atoms with Crippen molar-refractivity contribution >= 4 is 0 Å². The summed E-state index contributed by atoms with van der Waals surface area (Å²) in [6.07, 6.45) is 2.94. The van der Waals surface area contributed by atoms with Crippen molar-refractivity contribution in [1.29, 1.82) is 0 Å². The largest absolute Gasteiger partial charge is 0.425 e. The molecule has 1 rings (SSSR count). The van der Waals surface area contributed by atoms with E-state index in [1.165, 1.54) is 0 Å². The van der Waals surface area contributed by atoms with Crippen molar-refractivity contribution in [2.75, 3.05) is 6.54 Å². The van der Waals surface area contributed by atoms with Gasteiger partial charge in [-0.15, -0.1) is 10.2 Å². The zero-order valence-electron chi connectivity index (χ0n) is 10.8. The van der Waals surface area contributed by atoms with Crippen LogP contribution in [0, 0.1) is 0 Å². The minimum absolute atomic E-state index is 0.370. The summed E-state index contributed by atoms with van der Waals surface area (Å²) in [7, 11) is 0. The normalized spacial score (nSPS) is 13.3. The standard InChI is InChI=1S/C12H23N3O/c1-5-10(4)12-15-14-11(16-12)7-6-8-13-9(2)3/h9-10,13H,5-8H2,1-4H3. The highest BCUT2D eigenvalue weighted by molar-refractivity contribution is 4.88. The molecule has 4 nitrogen and oxygen atoms in total. The Bertz CT molecular complexity index is 296. The number of rotatable bonds is 7. The molecule has 1 aromatic heterocycles. The first kappa shape index (κ1) is 13.2. The van der Waals surface area contributed by atoms with Crippen molar-refractivity contribution in [3.63, 3.8) is 0 Å². The summed E-state index contributed by atoms with van der Waals surface area (Å²) < 4.78 is 5.59. The molecule has 0 aromatic carbocycles. The molecule has 1 unspecified atom stereocenters. The average molecular weight is 225 g/mol. The monoisotopic (exact) mass is 225 g/mol. The fourth-order valence-electron chi connectivity index (χ4n) is 1.37. The molecule has 0 aliphatic carbocycles. The lowest BCUT2D eigenvalue weighted by Gasteiger charge is -2.05. The van der Waals surface area contributed by atoms with Gasteiger partial charge in [0.25, 0.3) is 0 Å². The van der Waals surface area contributed by atoms with Gasteiger partial charge >= 0.3 is 0 Å². The fraction of sp³-hybridized carbons (Fsp3) is 0.833. The highest BCUT2D eigenvalue weighted by Gasteiger charge is 2.11. The summed E-state index contributed by atoms with van der Waals surface area (Å²) in [5.41, 5.74) is 0. The van der Waals surface area contributed by atoms with Gasteiger partial charge in [0.2, 0.25) is 11.8 Å². The molecule has 1 atom stereocenters. The molecule has 0 amide bonds. The van der Waals surface area contributed by atoms with Gasteiger partial charge in [-0.3, -0.25) is 0 Å². The minimum Gasteiger partial charge on any atom is -0.425 e. The maximum atomic E-state index is 5.59. The second kappa shape index (κ2) is 6.63. The Morgan fingerprint density at radius 3 is 2.62 bits per heavy atom. The fourth-order valence-corrected chi connectivity index (χ4v) is 1.37. The van der Waals surface area contributed by atoms with E-state index in [0.717, 1.165) is 37.6 Å². The van der Waals surface area contributed by atoms with Crippen LogP contribution in [0.5, 0.6) is 0 Å². The molecule has 1 heterocycles. The number of aromatic nitrogens is 2. The smallest absolute Gasteiger partial charge is 0.219 e. The molecule has 0 saturated carbocycles. The van der Waals surface area contributed by atoms with Crippen molar-refractivity contribution in [3.05, 3.63) is 11.8 Å². The van der Waals surface area contributed by atoms with E-state index in [-0.39, 0.29) is 0 Å². The predicted octanol–water partition coefficient (Wildman–Crippen LogP) is 2.51. The number of hydrogen-bond donors (Lipinski definition) is 1. The summed E-state index contributed by atoms with van der Waals surface area (Å²) in [5.74, 6) is 1.91. The minimum atomic E-state index is 0.370. The third kappa shape index (κ3) is 4.31. The first-order chi connectivity index (χ1) is 7.63. The molecule has 1 N–H and O–H groups in total. The highest BCUT2D eigenvalue weighted by atomic mass is 16.4. The zero-order valence-corrected chi connectivity index (χ0v) is 10.8. The van der Waals surface area contributed by atoms with E-state index >= 15 is 0 Å². The van der Waals surface area contributed by atoms with Crippen LogP contribution in [0.4, 0.5) is 0 Å². The van der Waals surface area contributed by atoms with E-state index < -0.39 is 0 Å². The first-order valence-corrected chi connectivity index (χ1v) is 6.19. The Hall–Kier alpha value is -0.900. The van der Waals surface area contributed by atoms with Gasteiger partial charge in [0.1, 0.15) is 0 Å². The SMILES string of the molecule is CCC(C)c1nnc(CCCNC(C)C)o1. The quantitative estimate of drug-likeness (QED) is 0.724. The van der Waals surface area contributed by atoms with Gasteiger partial charge in [-0.2, -0.15) is 0 Å². The first-order valence-electron chi connectivity index (χ1n) is 6.19. The van der Waals surface area contributed by atoms with Gasteiger partial charge in [-0.25, -0.2) is 0 Å². The molecule has 0 aliphatic heterocycles. The maximum absolute atomic E-state index is 5.59. The van der Waals surface area contributed by atoms with E-state index in [9.17, 15) is 0 Å². The molecule has 92 valence electrons. The number of aryl methyl sites for hydroxylation is 1. The lowest BCUT2D eigenvalue weighted by atomic mass is 10.1. The topological polar surface area (TPSA) is 51.0 Å². The van der Waals surface area contributed by atoms with Crippen molar-refractivity contribution in [2.24, 2.45) is 0 Å². The summed E-state index contributed by atoms with van der Waals surface area (Å²) >= 11 is 0. The number of nitrogens with one attached hydrogen (secondary N) is 1. The van der Waals surface area contributed by atoms with Crippen LogP contribution in [0.1, 0.15) is 58.2 Å². The van der Waals surface area contributed by atoms with Gasteiger partial charge in [0.05, 0.1) is 0 Å². The van der Waals surface area contributed by atoms with Crippen molar-refractivity contribution < 1.29 is 4.42 Å². The molecular weight excluding hydrogens is 202 g/mol. The molecule has 0 bridgehead atoms. The molecule has 0 spiro atoms. The second-order valence-corrected chi connectivity index (χ2v) is 4.56. The molecule has 4 heteroatoms. The predicted molar refractivity (Wildman–Crippen MR) is 64.5 cm³/mol. The lowest BCUT2D eigenvalue weighted by molar-refractivity contribution is 0.413. The van der Waals surface area contributed by atoms with Gasteiger partial charge in [-0.05, 0) is 19.4 Å². The van der Waals surface area contributed by atoms with Crippen molar-refractivity contribution in [1.82, 2.24) is 15.5 Å². The molecule has 0 saturated heterocycles. The van der Waals surface area contributed by atoms with Crippen LogP contribution in [0.25, 0.3) is 0 Å². The van der Waals surface area contributed by atoms with Crippen LogP contribution in [-0.4, -0.2) is 22.8 Å². The van der Waals surface area contributed by atoms with Crippen LogP contribution in [-0.2, 0) is 6.42 Å². The summed E-state index contributed by atoms with van der Waals surface area (Å²) in [6, 6.07) is 0.540. The summed E-state index contributed by atoms with van der Waals surface area (Å²) in [6.45, 7) is 9.53. The molecule has 1 aromatic rings. The van der Waals surface area contributed by atoms with Gasteiger partial charge in [-0.1, -0.05) is 27.7 Å². The van der Waals surface area contributed by atoms with E-state index in [0.29, 0.717) is 12.0 Å². The van der Waals surface area contributed by atoms with Crippen molar-refractivity contribution in [2.45, 2.75) is 58.9 Å². The summed E-state index contributed by atoms with van der Waals surface area (Å²) in [5, 5.41) is 11.5. The van der Waals surface area contributed by atoms with Crippen LogP contribution in [0.15, 0.2) is 4.42 Å². The van der Waals surface area contributed by atoms with E-state index in [2.05, 4.69) is 43.2 Å². The van der Waals surface area contributed by atoms with Crippen LogP contribution in [0.3, 0.4) is 0 Å². The lowest BCUT2D eigenvalue weighted by Crippen LogP contribution is -2.23. The van der Waals surface area contributed by atoms with E-state index in [1.54, 1.807) is 0 Å². The Morgan fingerprint density at radius 2 is 2.00 bits per heavy atom. The molecule has 0 aliphatic rings. The molecular formula is C12H23N3O. The molecule has 0 fully saturated rings. The second-order valence-electron chi connectivity index (χ2n) is 4.56. The van der Waals surface area contributed by atoms with Gasteiger partial charge in [0.15, 0.2) is 0 Å². The van der Waals surface area contributed by atoms with Crippen molar-refractivity contribution in [3.8, 4) is 0 Å². The third-order valence-electron chi connectivity index (χ3n) is 2.64. The van der Waals surface area contributed by atoms with E-state index in [1.807, 2.05) is 0 Å². The Balaban J connectivity index is 2.29. The maximum Gasteiger partial charge on any atom is 0.219 e. The van der Waals surface area contributed by atoms with Crippen LogP contribution < -0.4 is 5.32 Å². The Kier molecular flexibility index (Phi) is 5.46. The summed E-state index contributed by atoms with van der Waals surface area (Å²) in [4.78, 5) is 0. The van der Waals surface area contributed by atoms with Gasteiger partial charge in [0, 0.05) is 18.4 Å². The third-order valence-corrected chi connectivity index (χ3v) is 2.64. The highest BCUT2D eigenvalue weighted by Crippen LogP contribution is 2.16. The Morgan fingerprint density at radius 1 is 1.25 bits per heavy atom. The van der Waals surface area contributed by atoms with Crippen LogP contribution in [0.2, 0.25) is 0 Å². The average Bonchev–Trinajstić information content (AvgIpc) is 2.71. The van der Waals surface area contributed by atoms with E-state index in [4.69, 9.17) is 4.42 Å². The van der Waals surface area contributed by atoms with Crippen LogP contribution >= 0.6 is 0 Å². The molecule has 0 radical (unpaired) electrons. The molecule has 16 heavy (non-hydrogen) atoms. The number of nitrogens with zero attached hydrogens (tertiary/aromatic N) is 2. The Labute approximate surface area is 97.8 Å². The van der Waals surface area contributed by atoms with Gasteiger partial charge < -0.3 is 9.73 Å².